The quantitative estimate of drug-likeness (QED) is 0.168. The molecule has 3 aromatic heterocycles. The second kappa shape index (κ2) is 13.6. The Bertz CT molecular complexity index is 3850. The highest BCUT2D eigenvalue weighted by Crippen LogP contribution is 2.43. The third kappa shape index (κ3) is 5.27. The van der Waals surface area contributed by atoms with Crippen LogP contribution in [0.15, 0.2) is 229 Å². The predicted molar refractivity (Wildman–Crippen MR) is 260 cm³/mol. The smallest absolute Gasteiger partial charge is 0.137 e. The Balaban J connectivity index is 0.922. The van der Waals surface area contributed by atoms with Crippen molar-refractivity contribution in [3.05, 3.63) is 224 Å². The molecule has 4 nitrogen and oxygen atoms in total. The van der Waals surface area contributed by atoms with E-state index in [2.05, 4.69) is 226 Å². The molecule has 4 heteroatoms. The minimum Gasteiger partial charge on any atom is -0.456 e. The summed E-state index contributed by atoms with van der Waals surface area (Å²) in [6.45, 7) is 0. The monoisotopic (exact) mass is 791 g/mol. The predicted octanol–water partition coefficient (Wildman–Crippen LogP) is 16.1. The van der Waals surface area contributed by atoms with Crippen LogP contribution in [0.5, 0.6) is 0 Å². The molecule has 0 unspecified atom stereocenters. The molecule has 13 aromatic rings. The second-order valence-electron chi connectivity index (χ2n) is 16.1. The van der Waals surface area contributed by atoms with Gasteiger partial charge in [0.05, 0.1) is 22.1 Å². The molecule has 3 heterocycles. The van der Waals surface area contributed by atoms with Crippen LogP contribution in [0.2, 0.25) is 0 Å². The van der Waals surface area contributed by atoms with Crippen molar-refractivity contribution >= 4 is 93.4 Å². The highest BCUT2D eigenvalue weighted by atomic mass is 16.3. The number of fused-ring (bicyclic) bond motifs is 11. The van der Waals surface area contributed by atoms with Crippen LogP contribution in [0.3, 0.4) is 0 Å². The van der Waals surface area contributed by atoms with E-state index in [0.717, 1.165) is 61.5 Å². The van der Waals surface area contributed by atoms with Crippen LogP contribution in [-0.2, 0) is 0 Å². The normalized spacial score (nSPS) is 11.9. The molecular weight excluding hydrogens is 755 g/mol. The molecule has 62 heavy (non-hydrogen) atoms. The standard InChI is InChI=1S/C58H37N3O/c1-2-13-41(14-3-1)60-52-19-9-6-16-47(52)51-36-44(32-35-54(51)60)59(45-31-33-49-48-17-8-11-21-56(48)62-57(49)37-45)42-27-22-38(23-28-42)39-24-29-43(30-25-39)61-53-20-10-7-18-50(53)58-46-15-5-4-12-40(46)26-34-55(58)61/h1-37H. The summed E-state index contributed by atoms with van der Waals surface area (Å²) in [6.07, 6.45) is 0. The molecule has 10 aromatic carbocycles. The molecule has 290 valence electrons. The lowest BCUT2D eigenvalue weighted by Crippen LogP contribution is -2.09. The fraction of sp³-hybridized carbons (Fsp3) is 0. The first kappa shape index (κ1) is 34.5. The first-order valence-corrected chi connectivity index (χ1v) is 21.2. The van der Waals surface area contributed by atoms with Gasteiger partial charge < -0.3 is 18.5 Å². The molecule has 0 aliphatic carbocycles. The maximum Gasteiger partial charge on any atom is 0.137 e. The van der Waals surface area contributed by atoms with E-state index in [-0.39, 0.29) is 0 Å². The van der Waals surface area contributed by atoms with Crippen LogP contribution in [0.1, 0.15) is 0 Å². The molecule has 13 rings (SSSR count). The third-order valence-corrected chi connectivity index (χ3v) is 12.7. The summed E-state index contributed by atoms with van der Waals surface area (Å²) in [7, 11) is 0. The summed E-state index contributed by atoms with van der Waals surface area (Å²) in [5.74, 6) is 0. The Labute approximate surface area is 357 Å². The highest BCUT2D eigenvalue weighted by molar-refractivity contribution is 6.21. The molecule has 0 fully saturated rings. The van der Waals surface area contributed by atoms with E-state index >= 15 is 0 Å². The molecule has 0 spiro atoms. The molecule has 0 saturated carbocycles. The summed E-state index contributed by atoms with van der Waals surface area (Å²) in [6, 6.07) is 80.9. The number of hydrogen-bond donors (Lipinski definition) is 0. The first-order chi connectivity index (χ1) is 30.7. The minimum absolute atomic E-state index is 0.864. The number of anilines is 3. The molecule has 0 aliphatic rings. The zero-order valence-electron chi connectivity index (χ0n) is 33.6. The van der Waals surface area contributed by atoms with Gasteiger partial charge >= 0.3 is 0 Å². The molecule has 0 amide bonds. The lowest BCUT2D eigenvalue weighted by molar-refractivity contribution is 0.669. The fourth-order valence-corrected chi connectivity index (χ4v) is 9.88. The number of para-hydroxylation sites is 4. The van der Waals surface area contributed by atoms with Crippen LogP contribution in [-0.4, -0.2) is 9.13 Å². The van der Waals surface area contributed by atoms with Crippen molar-refractivity contribution < 1.29 is 4.42 Å². The van der Waals surface area contributed by atoms with Crippen molar-refractivity contribution in [2.75, 3.05) is 4.90 Å². The minimum atomic E-state index is 0.864. The van der Waals surface area contributed by atoms with E-state index in [1.165, 1.54) is 54.4 Å². The molecular formula is C58H37N3O. The van der Waals surface area contributed by atoms with Crippen molar-refractivity contribution in [2.45, 2.75) is 0 Å². The number of nitrogens with zero attached hydrogens (tertiary/aromatic N) is 3. The molecule has 0 N–H and O–H groups in total. The number of hydrogen-bond acceptors (Lipinski definition) is 2. The van der Waals surface area contributed by atoms with E-state index < -0.39 is 0 Å². The molecule has 0 radical (unpaired) electrons. The lowest BCUT2D eigenvalue weighted by atomic mass is 10.0. The molecule has 0 bridgehead atoms. The Hall–Kier alpha value is -8.34. The average Bonchev–Trinajstić information content (AvgIpc) is 4.00. The fourth-order valence-electron chi connectivity index (χ4n) is 9.88. The van der Waals surface area contributed by atoms with Gasteiger partial charge in [-0.05, 0) is 113 Å². The van der Waals surface area contributed by atoms with Crippen LogP contribution in [0.25, 0.3) is 98.8 Å². The zero-order valence-corrected chi connectivity index (χ0v) is 33.6. The van der Waals surface area contributed by atoms with E-state index in [4.69, 9.17) is 4.42 Å². The summed E-state index contributed by atoms with van der Waals surface area (Å²) in [5, 5.41) is 9.75. The van der Waals surface area contributed by atoms with Crippen molar-refractivity contribution in [2.24, 2.45) is 0 Å². The summed E-state index contributed by atoms with van der Waals surface area (Å²) < 4.78 is 11.2. The van der Waals surface area contributed by atoms with Crippen LogP contribution < -0.4 is 4.90 Å². The molecule has 0 saturated heterocycles. The SMILES string of the molecule is c1ccc(-n2c3ccccc3c3cc(N(c4ccc(-c5ccc(-n6c7ccccc7c7c8ccccc8ccc76)cc5)cc4)c4ccc5c(c4)oc4ccccc45)ccc32)cc1. The Morgan fingerprint density at radius 3 is 1.65 bits per heavy atom. The van der Waals surface area contributed by atoms with E-state index in [1.54, 1.807) is 0 Å². The van der Waals surface area contributed by atoms with Gasteiger partial charge in [-0.3, -0.25) is 0 Å². The lowest BCUT2D eigenvalue weighted by Gasteiger charge is -2.26. The average molecular weight is 792 g/mol. The second-order valence-corrected chi connectivity index (χ2v) is 16.1. The van der Waals surface area contributed by atoms with Crippen molar-refractivity contribution in [3.63, 3.8) is 0 Å². The van der Waals surface area contributed by atoms with E-state index in [0.29, 0.717) is 0 Å². The number of aromatic nitrogens is 2. The van der Waals surface area contributed by atoms with Gasteiger partial charge in [0, 0.05) is 66.8 Å². The summed E-state index contributed by atoms with van der Waals surface area (Å²) in [4.78, 5) is 2.35. The van der Waals surface area contributed by atoms with Gasteiger partial charge in [-0.1, -0.05) is 127 Å². The van der Waals surface area contributed by atoms with Gasteiger partial charge in [0.25, 0.3) is 0 Å². The topological polar surface area (TPSA) is 26.2 Å². The first-order valence-electron chi connectivity index (χ1n) is 21.2. The van der Waals surface area contributed by atoms with Gasteiger partial charge in [0.15, 0.2) is 0 Å². The van der Waals surface area contributed by atoms with Crippen molar-refractivity contribution in [1.29, 1.82) is 0 Å². The van der Waals surface area contributed by atoms with Crippen LogP contribution in [0.4, 0.5) is 17.1 Å². The third-order valence-electron chi connectivity index (χ3n) is 12.7. The van der Waals surface area contributed by atoms with Gasteiger partial charge in [-0.15, -0.1) is 0 Å². The zero-order chi connectivity index (χ0) is 40.7. The number of furan rings is 1. The van der Waals surface area contributed by atoms with Gasteiger partial charge in [-0.25, -0.2) is 0 Å². The molecule has 0 aliphatic heterocycles. The number of benzene rings is 10. The van der Waals surface area contributed by atoms with E-state index in [9.17, 15) is 0 Å². The molecule has 0 atom stereocenters. The maximum absolute atomic E-state index is 6.44. The Morgan fingerprint density at radius 1 is 0.306 bits per heavy atom. The van der Waals surface area contributed by atoms with Gasteiger partial charge in [0.2, 0.25) is 0 Å². The largest absolute Gasteiger partial charge is 0.456 e. The van der Waals surface area contributed by atoms with Crippen LogP contribution >= 0.6 is 0 Å². The number of rotatable bonds is 6. The summed E-state index contributed by atoms with van der Waals surface area (Å²) in [5.41, 5.74) is 14.3. The van der Waals surface area contributed by atoms with Crippen molar-refractivity contribution in [1.82, 2.24) is 9.13 Å². The van der Waals surface area contributed by atoms with E-state index in [1.807, 2.05) is 12.1 Å². The Kier molecular flexibility index (Phi) is 7.57. The highest BCUT2D eigenvalue weighted by Gasteiger charge is 2.20. The van der Waals surface area contributed by atoms with Crippen LogP contribution in [0, 0.1) is 0 Å². The van der Waals surface area contributed by atoms with Crippen molar-refractivity contribution in [3.8, 4) is 22.5 Å². The summed E-state index contributed by atoms with van der Waals surface area (Å²) >= 11 is 0. The van der Waals surface area contributed by atoms with Gasteiger partial charge in [-0.2, -0.15) is 0 Å². The maximum atomic E-state index is 6.44. The Morgan fingerprint density at radius 2 is 0.839 bits per heavy atom. The van der Waals surface area contributed by atoms with Gasteiger partial charge in [0.1, 0.15) is 11.2 Å².